The predicted octanol–water partition coefficient (Wildman–Crippen LogP) is 0.234. The molecule has 1 radical (unpaired) electrons. The minimum atomic E-state index is -0.831. The van der Waals surface area contributed by atoms with Crippen molar-refractivity contribution in [2.24, 2.45) is 0 Å². The van der Waals surface area contributed by atoms with E-state index in [2.05, 4.69) is 5.32 Å². The molecular formula is C6H11N2O3. The second-order valence-electron chi connectivity index (χ2n) is 2.11. The molecule has 0 unspecified atom stereocenters. The van der Waals surface area contributed by atoms with Gasteiger partial charge in [-0.3, -0.25) is 4.79 Å². The van der Waals surface area contributed by atoms with Crippen LogP contribution in [-0.4, -0.2) is 23.7 Å². The van der Waals surface area contributed by atoms with Gasteiger partial charge in [0.1, 0.15) is 0 Å². The van der Waals surface area contributed by atoms with Crippen LogP contribution in [0.1, 0.15) is 19.3 Å². The summed E-state index contributed by atoms with van der Waals surface area (Å²) in [5.41, 5.74) is 6.43. The summed E-state index contributed by atoms with van der Waals surface area (Å²) >= 11 is 0. The molecule has 2 amide bonds. The maximum atomic E-state index is 9.98. The zero-order valence-corrected chi connectivity index (χ0v) is 6.09. The lowest BCUT2D eigenvalue weighted by atomic mass is 10.2. The van der Waals surface area contributed by atoms with Crippen LogP contribution in [0.5, 0.6) is 0 Å². The third-order valence-electron chi connectivity index (χ3n) is 1.10. The highest BCUT2D eigenvalue weighted by atomic mass is 16.4. The lowest BCUT2D eigenvalue weighted by Gasteiger charge is -1.97. The van der Waals surface area contributed by atoms with E-state index in [1.807, 2.05) is 0 Å². The molecule has 0 aromatic heterocycles. The van der Waals surface area contributed by atoms with Crippen molar-refractivity contribution in [3.8, 4) is 0 Å². The molecule has 0 bridgehead atoms. The molecule has 11 heavy (non-hydrogen) atoms. The molecule has 0 heterocycles. The molecule has 0 aliphatic rings. The molecule has 63 valence electrons. The van der Waals surface area contributed by atoms with E-state index in [0.717, 1.165) is 0 Å². The van der Waals surface area contributed by atoms with E-state index >= 15 is 0 Å². The smallest absolute Gasteiger partial charge is 0.333 e. The summed E-state index contributed by atoms with van der Waals surface area (Å²) in [7, 11) is 0. The number of urea groups is 1. The Balaban J connectivity index is 3.03. The normalized spacial score (nSPS) is 9.09. The number of hydrogen-bond acceptors (Lipinski definition) is 2. The maximum Gasteiger partial charge on any atom is 0.333 e. The van der Waals surface area contributed by atoms with Crippen LogP contribution in [0.4, 0.5) is 4.79 Å². The van der Waals surface area contributed by atoms with E-state index < -0.39 is 12.0 Å². The van der Waals surface area contributed by atoms with Gasteiger partial charge in [0.15, 0.2) is 0 Å². The predicted molar refractivity (Wildman–Crippen MR) is 38.0 cm³/mol. The molecule has 5 heteroatoms. The fourth-order valence-corrected chi connectivity index (χ4v) is 0.603. The van der Waals surface area contributed by atoms with Crippen molar-refractivity contribution in [3.63, 3.8) is 0 Å². The molecule has 0 saturated heterocycles. The first kappa shape index (κ1) is 9.74. The Morgan fingerprint density at radius 3 is 2.45 bits per heavy atom. The zero-order valence-electron chi connectivity index (χ0n) is 6.09. The summed E-state index contributed by atoms with van der Waals surface area (Å²) in [4.78, 5) is 20.0. The number of carboxylic acids is 1. The highest BCUT2D eigenvalue weighted by Crippen LogP contribution is 1.92. The third kappa shape index (κ3) is 8.74. The lowest BCUT2D eigenvalue weighted by molar-refractivity contribution is -0.137. The number of hydrogen-bond donors (Lipinski definition) is 2. The fourth-order valence-electron chi connectivity index (χ4n) is 0.603. The van der Waals surface area contributed by atoms with Gasteiger partial charge in [-0.2, -0.15) is 0 Å². The molecule has 0 rings (SSSR count). The molecule has 0 fully saturated rings. The lowest BCUT2D eigenvalue weighted by Crippen LogP contribution is -2.23. The standard InChI is InChI=1S/C6H11N2O3/c7-6(11)8-4-2-1-3-5(9)10/h7H,1-4H2,(H,8,11)(H,9,10). The van der Waals surface area contributed by atoms with Crippen LogP contribution < -0.4 is 11.1 Å². The van der Waals surface area contributed by atoms with Crippen LogP contribution >= 0.6 is 0 Å². The molecule has 3 N–H and O–H groups in total. The highest BCUT2D eigenvalue weighted by Gasteiger charge is 1.96. The monoisotopic (exact) mass is 159 g/mol. The van der Waals surface area contributed by atoms with Gasteiger partial charge in [0.05, 0.1) is 0 Å². The van der Waals surface area contributed by atoms with E-state index in [9.17, 15) is 9.59 Å². The van der Waals surface area contributed by atoms with Gasteiger partial charge in [-0.1, -0.05) is 0 Å². The first-order chi connectivity index (χ1) is 5.13. The van der Waals surface area contributed by atoms with Crippen LogP contribution in [-0.2, 0) is 4.79 Å². The van der Waals surface area contributed by atoms with Crippen LogP contribution in [0.2, 0.25) is 0 Å². The Hall–Kier alpha value is -1.26. The largest absolute Gasteiger partial charge is 0.481 e. The Morgan fingerprint density at radius 1 is 1.36 bits per heavy atom. The van der Waals surface area contributed by atoms with Crippen molar-refractivity contribution >= 4 is 12.0 Å². The number of unbranched alkanes of at least 4 members (excludes halogenated alkanes) is 1. The van der Waals surface area contributed by atoms with E-state index in [0.29, 0.717) is 19.4 Å². The number of aliphatic carboxylic acids is 1. The number of nitrogens with one attached hydrogen (secondary N) is 2. The van der Waals surface area contributed by atoms with E-state index in [1.54, 1.807) is 0 Å². The zero-order chi connectivity index (χ0) is 8.69. The molecule has 0 aliphatic heterocycles. The van der Waals surface area contributed by atoms with Gasteiger partial charge >= 0.3 is 12.0 Å². The minimum absolute atomic E-state index is 0.119. The van der Waals surface area contributed by atoms with Crippen molar-refractivity contribution in [2.45, 2.75) is 19.3 Å². The summed E-state index contributed by atoms with van der Waals surface area (Å²) in [5, 5.41) is 10.5. The summed E-state index contributed by atoms with van der Waals surface area (Å²) in [6.07, 6.45) is 1.26. The second-order valence-corrected chi connectivity index (χ2v) is 2.11. The third-order valence-corrected chi connectivity index (χ3v) is 1.10. The Kier molecular flexibility index (Phi) is 4.89. The van der Waals surface area contributed by atoms with Gasteiger partial charge in [-0.15, -0.1) is 0 Å². The maximum absolute atomic E-state index is 9.98. The molecule has 0 aromatic rings. The summed E-state index contributed by atoms with van der Waals surface area (Å²) in [5.74, 6) is -0.831. The van der Waals surface area contributed by atoms with Gasteiger partial charge in [-0.25, -0.2) is 10.5 Å². The van der Waals surface area contributed by atoms with Gasteiger partial charge in [0, 0.05) is 13.0 Å². The van der Waals surface area contributed by atoms with Crippen molar-refractivity contribution < 1.29 is 14.7 Å². The van der Waals surface area contributed by atoms with Gasteiger partial charge in [0.25, 0.3) is 0 Å². The van der Waals surface area contributed by atoms with Crippen molar-refractivity contribution in [1.82, 2.24) is 11.1 Å². The topological polar surface area (TPSA) is 90.2 Å². The van der Waals surface area contributed by atoms with Crippen LogP contribution in [0.3, 0.4) is 0 Å². The summed E-state index contributed by atoms with van der Waals surface area (Å²) < 4.78 is 0. The van der Waals surface area contributed by atoms with Crippen molar-refractivity contribution in [3.05, 3.63) is 0 Å². The molecule has 5 nitrogen and oxygen atoms in total. The molecule has 0 atom stereocenters. The van der Waals surface area contributed by atoms with Gasteiger partial charge in [-0.05, 0) is 12.8 Å². The van der Waals surface area contributed by atoms with Crippen LogP contribution in [0.25, 0.3) is 0 Å². The molecule has 0 aliphatic carbocycles. The number of carbonyl (C=O) groups excluding carboxylic acids is 1. The SMILES string of the molecule is [NH]C(=O)NCCCCC(=O)O. The van der Waals surface area contributed by atoms with Crippen LogP contribution in [0.15, 0.2) is 0 Å². The number of carbonyl (C=O) groups is 2. The molecule has 0 spiro atoms. The molecular weight excluding hydrogens is 148 g/mol. The summed E-state index contributed by atoms with van der Waals surface area (Å²) in [6.45, 7) is 0.385. The Bertz CT molecular complexity index is 131. The second kappa shape index (κ2) is 5.52. The van der Waals surface area contributed by atoms with E-state index in [4.69, 9.17) is 10.8 Å². The van der Waals surface area contributed by atoms with Gasteiger partial charge in [0.2, 0.25) is 0 Å². The molecule has 0 aromatic carbocycles. The Morgan fingerprint density at radius 2 is 2.00 bits per heavy atom. The summed E-state index contributed by atoms with van der Waals surface area (Å²) in [6, 6.07) is -0.819. The molecule has 0 saturated carbocycles. The van der Waals surface area contributed by atoms with E-state index in [-0.39, 0.29) is 6.42 Å². The number of carboxylic acid groups (broad SMARTS) is 1. The minimum Gasteiger partial charge on any atom is -0.481 e. The first-order valence-electron chi connectivity index (χ1n) is 3.34. The van der Waals surface area contributed by atoms with Crippen molar-refractivity contribution in [2.75, 3.05) is 6.54 Å². The van der Waals surface area contributed by atoms with E-state index in [1.165, 1.54) is 0 Å². The van der Waals surface area contributed by atoms with Crippen molar-refractivity contribution in [1.29, 1.82) is 0 Å². The Labute approximate surface area is 64.6 Å². The fraction of sp³-hybridized carbons (Fsp3) is 0.667. The average molecular weight is 159 g/mol. The highest BCUT2D eigenvalue weighted by molar-refractivity contribution is 5.70. The number of amides is 2. The van der Waals surface area contributed by atoms with Gasteiger partial charge < -0.3 is 10.4 Å². The quantitative estimate of drug-likeness (QED) is 0.562. The average Bonchev–Trinajstić information content (AvgIpc) is 1.85. The first-order valence-corrected chi connectivity index (χ1v) is 3.34. The van der Waals surface area contributed by atoms with Crippen LogP contribution in [0, 0.1) is 0 Å². The number of rotatable bonds is 5.